The third kappa shape index (κ3) is 4.26. The van der Waals surface area contributed by atoms with Crippen molar-refractivity contribution in [3.8, 4) is 0 Å². The van der Waals surface area contributed by atoms with Gasteiger partial charge in [0.15, 0.2) is 0 Å². The molecule has 0 unspecified atom stereocenters. The van der Waals surface area contributed by atoms with E-state index in [2.05, 4.69) is 0 Å². The van der Waals surface area contributed by atoms with Crippen molar-refractivity contribution in [2.75, 3.05) is 31.5 Å². The van der Waals surface area contributed by atoms with Crippen molar-refractivity contribution in [3.63, 3.8) is 0 Å². The van der Waals surface area contributed by atoms with Crippen molar-refractivity contribution in [2.45, 2.75) is 0 Å². The first-order valence-electron chi connectivity index (χ1n) is 4.89. The second-order valence-corrected chi connectivity index (χ2v) is 2.84. The SMILES string of the molecule is NCCON(OCCN)c1ccccc1. The Morgan fingerprint density at radius 3 is 1.93 bits per heavy atom. The predicted molar refractivity (Wildman–Crippen MR) is 58.9 cm³/mol. The summed E-state index contributed by atoms with van der Waals surface area (Å²) in [6, 6.07) is 9.49. The Kier molecular flexibility index (Phi) is 5.72. The minimum Gasteiger partial charge on any atom is -0.328 e. The van der Waals surface area contributed by atoms with E-state index in [1.807, 2.05) is 30.3 Å². The fourth-order valence-electron chi connectivity index (χ4n) is 1.01. The average Bonchev–Trinajstić information content (AvgIpc) is 2.30. The minimum atomic E-state index is 0.402. The zero-order valence-electron chi connectivity index (χ0n) is 8.63. The summed E-state index contributed by atoms with van der Waals surface area (Å²) in [7, 11) is 0. The topological polar surface area (TPSA) is 73.7 Å². The first-order valence-corrected chi connectivity index (χ1v) is 4.89. The Balaban J connectivity index is 2.55. The fraction of sp³-hybridized carbons (Fsp3) is 0.400. The van der Waals surface area contributed by atoms with Gasteiger partial charge >= 0.3 is 0 Å². The maximum atomic E-state index is 5.35. The van der Waals surface area contributed by atoms with Gasteiger partial charge in [0.05, 0.1) is 18.9 Å². The summed E-state index contributed by atoms with van der Waals surface area (Å²) in [6.07, 6.45) is 0. The highest BCUT2D eigenvalue weighted by atomic mass is 16.9. The second-order valence-electron chi connectivity index (χ2n) is 2.84. The number of anilines is 1. The summed E-state index contributed by atoms with van der Waals surface area (Å²) in [4.78, 5) is 10.6. The Hall–Kier alpha value is -1.14. The summed E-state index contributed by atoms with van der Waals surface area (Å²) in [5.74, 6) is 0. The molecular formula is C10H17N3O2. The number of nitrogens with two attached hydrogens (primary N) is 2. The molecule has 0 aliphatic heterocycles. The van der Waals surface area contributed by atoms with Crippen molar-refractivity contribution in [1.82, 2.24) is 0 Å². The summed E-state index contributed by atoms with van der Waals surface area (Å²) < 4.78 is 0. The quantitative estimate of drug-likeness (QED) is 0.633. The van der Waals surface area contributed by atoms with Crippen molar-refractivity contribution in [1.29, 1.82) is 0 Å². The van der Waals surface area contributed by atoms with Gasteiger partial charge in [-0.05, 0) is 12.1 Å². The first-order chi connectivity index (χ1) is 7.38. The Morgan fingerprint density at radius 1 is 0.933 bits per heavy atom. The van der Waals surface area contributed by atoms with Crippen molar-refractivity contribution in [3.05, 3.63) is 30.3 Å². The van der Waals surface area contributed by atoms with Crippen LogP contribution >= 0.6 is 0 Å². The third-order valence-corrected chi connectivity index (χ3v) is 1.62. The van der Waals surface area contributed by atoms with Gasteiger partial charge < -0.3 is 11.5 Å². The van der Waals surface area contributed by atoms with E-state index in [9.17, 15) is 0 Å². The molecule has 0 aliphatic rings. The number of hydrogen-bond acceptors (Lipinski definition) is 5. The molecule has 4 N–H and O–H groups in total. The lowest BCUT2D eigenvalue weighted by molar-refractivity contribution is -0.0849. The second kappa shape index (κ2) is 7.19. The lowest BCUT2D eigenvalue weighted by Crippen LogP contribution is -2.29. The smallest absolute Gasteiger partial charge is 0.0947 e. The highest BCUT2D eigenvalue weighted by Gasteiger charge is 2.06. The van der Waals surface area contributed by atoms with Gasteiger partial charge in [0.25, 0.3) is 0 Å². The summed E-state index contributed by atoms with van der Waals surface area (Å²) in [5.41, 5.74) is 11.5. The number of para-hydroxylation sites is 1. The van der Waals surface area contributed by atoms with E-state index < -0.39 is 0 Å². The van der Waals surface area contributed by atoms with Crippen LogP contribution in [0, 0.1) is 0 Å². The molecule has 0 heterocycles. The molecule has 0 aliphatic carbocycles. The molecular weight excluding hydrogens is 194 g/mol. The molecule has 0 aromatic heterocycles. The predicted octanol–water partition coefficient (Wildman–Crippen LogP) is 0.274. The molecule has 1 aromatic rings. The molecule has 5 heteroatoms. The monoisotopic (exact) mass is 211 g/mol. The maximum Gasteiger partial charge on any atom is 0.0947 e. The Labute approximate surface area is 89.5 Å². The van der Waals surface area contributed by atoms with Crippen LogP contribution in [-0.2, 0) is 9.68 Å². The van der Waals surface area contributed by atoms with E-state index in [1.165, 1.54) is 5.23 Å². The standard InChI is InChI=1S/C10H17N3O2/c11-6-8-14-13(15-9-7-12)10-4-2-1-3-5-10/h1-5H,6-9,11-12H2. The number of rotatable bonds is 7. The third-order valence-electron chi connectivity index (χ3n) is 1.62. The molecule has 1 aromatic carbocycles. The largest absolute Gasteiger partial charge is 0.328 e. The summed E-state index contributed by atoms with van der Waals surface area (Å²) >= 11 is 0. The van der Waals surface area contributed by atoms with E-state index in [0.29, 0.717) is 26.3 Å². The van der Waals surface area contributed by atoms with Crippen molar-refractivity contribution in [2.24, 2.45) is 11.5 Å². The number of benzene rings is 1. The molecule has 1 rings (SSSR count). The summed E-state index contributed by atoms with van der Waals surface area (Å²) in [6.45, 7) is 1.68. The average molecular weight is 211 g/mol. The first kappa shape index (κ1) is 11.9. The highest BCUT2D eigenvalue weighted by Crippen LogP contribution is 2.13. The van der Waals surface area contributed by atoms with Gasteiger partial charge in [-0.15, -0.1) is 5.23 Å². The van der Waals surface area contributed by atoms with Gasteiger partial charge in [0, 0.05) is 13.1 Å². The van der Waals surface area contributed by atoms with Crippen LogP contribution in [-0.4, -0.2) is 26.3 Å². The van der Waals surface area contributed by atoms with E-state index in [1.54, 1.807) is 0 Å². The number of nitrogens with zero attached hydrogens (tertiary/aromatic N) is 1. The van der Waals surface area contributed by atoms with E-state index >= 15 is 0 Å². The molecule has 0 amide bonds. The molecule has 0 radical (unpaired) electrons. The Bertz CT molecular complexity index is 248. The summed E-state index contributed by atoms with van der Waals surface area (Å²) in [5, 5.41) is 1.35. The van der Waals surface area contributed by atoms with Crippen LogP contribution in [0.3, 0.4) is 0 Å². The van der Waals surface area contributed by atoms with E-state index in [-0.39, 0.29) is 0 Å². The zero-order valence-corrected chi connectivity index (χ0v) is 8.63. The fourth-order valence-corrected chi connectivity index (χ4v) is 1.01. The van der Waals surface area contributed by atoms with Gasteiger partial charge in [0.2, 0.25) is 0 Å². The van der Waals surface area contributed by atoms with Crippen LogP contribution < -0.4 is 16.7 Å². The minimum absolute atomic E-state index is 0.402. The van der Waals surface area contributed by atoms with E-state index in [4.69, 9.17) is 21.1 Å². The molecule has 0 saturated heterocycles. The normalized spacial score (nSPS) is 10.3. The van der Waals surface area contributed by atoms with Gasteiger partial charge in [-0.3, -0.25) is 0 Å². The van der Waals surface area contributed by atoms with Crippen LogP contribution in [0.1, 0.15) is 0 Å². The zero-order chi connectivity index (χ0) is 10.9. The highest BCUT2D eigenvalue weighted by molar-refractivity contribution is 5.40. The molecule has 0 saturated carbocycles. The molecule has 0 fully saturated rings. The molecule has 5 nitrogen and oxygen atoms in total. The lowest BCUT2D eigenvalue weighted by atomic mass is 10.3. The lowest BCUT2D eigenvalue weighted by Gasteiger charge is -2.21. The molecule has 0 bridgehead atoms. The van der Waals surface area contributed by atoms with E-state index in [0.717, 1.165) is 5.69 Å². The maximum absolute atomic E-state index is 5.35. The number of hydrogen-bond donors (Lipinski definition) is 2. The molecule has 84 valence electrons. The van der Waals surface area contributed by atoms with Crippen LogP contribution in [0.25, 0.3) is 0 Å². The molecule has 0 atom stereocenters. The van der Waals surface area contributed by atoms with Crippen LogP contribution in [0.5, 0.6) is 0 Å². The van der Waals surface area contributed by atoms with Crippen molar-refractivity contribution < 1.29 is 9.68 Å². The van der Waals surface area contributed by atoms with Gasteiger partial charge in [0.1, 0.15) is 0 Å². The van der Waals surface area contributed by atoms with Gasteiger partial charge in [-0.2, -0.15) is 0 Å². The van der Waals surface area contributed by atoms with Crippen LogP contribution in [0.2, 0.25) is 0 Å². The molecule has 15 heavy (non-hydrogen) atoms. The van der Waals surface area contributed by atoms with Gasteiger partial charge in [-0.1, -0.05) is 18.2 Å². The van der Waals surface area contributed by atoms with Gasteiger partial charge in [-0.25, -0.2) is 9.68 Å². The van der Waals surface area contributed by atoms with Crippen LogP contribution in [0.4, 0.5) is 5.69 Å². The van der Waals surface area contributed by atoms with Crippen molar-refractivity contribution >= 4 is 5.69 Å². The molecule has 0 spiro atoms. The van der Waals surface area contributed by atoms with Crippen LogP contribution in [0.15, 0.2) is 30.3 Å². The Morgan fingerprint density at radius 2 is 1.47 bits per heavy atom.